The molecule has 0 aromatic heterocycles. The molecule has 0 aliphatic carbocycles. The summed E-state index contributed by atoms with van der Waals surface area (Å²) < 4.78 is 0. The van der Waals surface area contributed by atoms with Gasteiger partial charge in [-0.1, -0.05) is 59.6 Å². The van der Waals surface area contributed by atoms with Crippen molar-refractivity contribution in [2.75, 3.05) is 12.8 Å². The number of nitrogens with one attached hydrogen (secondary N) is 1. The van der Waals surface area contributed by atoms with Gasteiger partial charge >= 0.3 is 0 Å². The highest BCUT2D eigenvalue weighted by Crippen LogP contribution is 2.20. The number of halogens is 1. The van der Waals surface area contributed by atoms with Gasteiger partial charge < -0.3 is 10.2 Å². The number of likely N-dealkylation sites (N-methyl/N-ethyl adjacent to an activating group) is 1. The van der Waals surface area contributed by atoms with Crippen LogP contribution in [-0.4, -0.2) is 35.6 Å². The third-order valence-electron chi connectivity index (χ3n) is 4.33. The van der Waals surface area contributed by atoms with Crippen molar-refractivity contribution in [3.8, 4) is 0 Å². The van der Waals surface area contributed by atoms with E-state index < -0.39 is 6.04 Å². The number of hydrogen-bond donors (Lipinski definition) is 1. The van der Waals surface area contributed by atoms with Gasteiger partial charge in [0.15, 0.2) is 0 Å². The molecule has 0 saturated carbocycles. The average molecular weight is 405 g/mol. The third kappa shape index (κ3) is 6.29. The van der Waals surface area contributed by atoms with Gasteiger partial charge in [-0.2, -0.15) is 0 Å². The van der Waals surface area contributed by atoms with Crippen LogP contribution in [0, 0.1) is 6.92 Å². The fraction of sp³-hybridized carbons (Fsp3) is 0.333. The number of thioether (sulfide) groups is 1. The highest BCUT2D eigenvalue weighted by molar-refractivity contribution is 7.99. The fourth-order valence-corrected chi connectivity index (χ4v) is 3.69. The molecule has 2 rings (SSSR count). The van der Waals surface area contributed by atoms with E-state index in [0.29, 0.717) is 17.3 Å². The summed E-state index contributed by atoms with van der Waals surface area (Å²) in [4.78, 5) is 26.5. The van der Waals surface area contributed by atoms with Crippen molar-refractivity contribution in [1.29, 1.82) is 0 Å². The van der Waals surface area contributed by atoms with E-state index in [2.05, 4.69) is 29.6 Å². The largest absolute Gasteiger partial charge is 0.357 e. The Morgan fingerprint density at radius 1 is 1.15 bits per heavy atom. The molecule has 27 heavy (non-hydrogen) atoms. The van der Waals surface area contributed by atoms with Gasteiger partial charge in [-0.3, -0.25) is 9.59 Å². The predicted molar refractivity (Wildman–Crippen MR) is 113 cm³/mol. The summed E-state index contributed by atoms with van der Waals surface area (Å²) in [5.74, 6) is 0.780. The molecule has 1 N–H and O–H groups in total. The minimum Gasteiger partial charge on any atom is -0.357 e. The molecule has 0 aliphatic rings. The summed E-state index contributed by atoms with van der Waals surface area (Å²) in [6.07, 6.45) is 0. The summed E-state index contributed by atoms with van der Waals surface area (Å²) in [7, 11) is 1.57. The molecular formula is C21H25ClN2O2S. The van der Waals surface area contributed by atoms with Gasteiger partial charge in [-0.05, 0) is 31.0 Å². The first kappa shape index (κ1) is 21.3. The first-order valence-corrected chi connectivity index (χ1v) is 10.3. The molecule has 6 heteroatoms. The van der Waals surface area contributed by atoms with Gasteiger partial charge in [0.25, 0.3) is 0 Å². The molecule has 0 aliphatic heterocycles. The van der Waals surface area contributed by atoms with Gasteiger partial charge in [0.1, 0.15) is 6.04 Å². The maximum atomic E-state index is 12.8. The summed E-state index contributed by atoms with van der Waals surface area (Å²) in [5, 5.41) is 3.20. The lowest BCUT2D eigenvalue weighted by atomic mass is 10.1. The predicted octanol–water partition coefficient (Wildman–Crippen LogP) is 4.04. The molecule has 2 amide bonds. The van der Waals surface area contributed by atoms with Crippen LogP contribution in [0.15, 0.2) is 48.5 Å². The van der Waals surface area contributed by atoms with Crippen LogP contribution in [0.25, 0.3) is 0 Å². The summed E-state index contributed by atoms with van der Waals surface area (Å²) in [5.41, 5.74) is 3.22. The summed E-state index contributed by atoms with van der Waals surface area (Å²) in [6, 6.07) is 15.1. The Balaban J connectivity index is 2.04. The maximum Gasteiger partial charge on any atom is 0.242 e. The highest BCUT2D eigenvalue weighted by Gasteiger charge is 2.25. The van der Waals surface area contributed by atoms with Crippen LogP contribution in [0.2, 0.25) is 5.02 Å². The Labute approximate surface area is 170 Å². The Morgan fingerprint density at radius 2 is 1.81 bits per heavy atom. The van der Waals surface area contributed by atoms with Crippen molar-refractivity contribution >= 4 is 35.2 Å². The SMILES string of the molecule is CNC(=O)[C@H](C)N(Cc1ccccc1Cl)C(=O)CSCc1ccc(C)cc1. The lowest BCUT2D eigenvalue weighted by Gasteiger charge is -2.28. The maximum absolute atomic E-state index is 12.8. The second-order valence-electron chi connectivity index (χ2n) is 6.38. The van der Waals surface area contributed by atoms with E-state index in [1.807, 2.05) is 25.1 Å². The number of nitrogens with zero attached hydrogens (tertiary/aromatic N) is 1. The highest BCUT2D eigenvalue weighted by atomic mass is 35.5. The zero-order valence-electron chi connectivity index (χ0n) is 15.9. The molecule has 2 aromatic rings. The van der Waals surface area contributed by atoms with Crippen molar-refractivity contribution in [3.63, 3.8) is 0 Å². The Bertz CT molecular complexity index is 780. The molecule has 0 bridgehead atoms. The van der Waals surface area contributed by atoms with Crippen molar-refractivity contribution in [2.45, 2.75) is 32.2 Å². The van der Waals surface area contributed by atoms with E-state index in [1.165, 1.54) is 11.1 Å². The van der Waals surface area contributed by atoms with Gasteiger partial charge in [0.2, 0.25) is 11.8 Å². The van der Waals surface area contributed by atoms with E-state index in [0.717, 1.165) is 11.3 Å². The smallest absolute Gasteiger partial charge is 0.242 e. The number of amides is 2. The molecule has 1 atom stereocenters. The zero-order valence-corrected chi connectivity index (χ0v) is 17.4. The molecular weight excluding hydrogens is 380 g/mol. The normalized spacial score (nSPS) is 11.7. The second-order valence-corrected chi connectivity index (χ2v) is 7.77. The summed E-state index contributed by atoms with van der Waals surface area (Å²) >= 11 is 7.79. The van der Waals surface area contributed by atoms with E-state index in [9.17, 15) is 9.59 Å². The Hall–Kier alpha value is -1.98. The van der Waals surface area contributed by atoms with Crippen molar-refractivity contribution in [2.24, 2.45) is 0 Å². The Morgan fingerprint density at radius 3 is 2.44 bits per heavy atom. The van der Waals surface area contributed by atoms with Crippen LogP contribution >= 0.6 is 23.4 Å². The monoisotopic (exact) mass is 404 g/mol. The summed E-state index contributed by atoms with van der Waals surface area (Å²) in [6.45, 7) is 4.09. The van der Waals surface area contributed by atoms with Gasteiger partial charge in [-0.15, -0.1) is 11.8 Å². The van der Waals surface area contributed by atoms with Crippen LogP contribution < -0.4 is 5.32 Å². The van der Waals surface area contributed by atoms with Crippen LogP contribution in [0.4, 0.5) is 0 Å². The molecule has 0 fully saturated rings. The Kier molecular flexibility index (Phi) is 8.20. The number of carbonyl (C=O) groups is 2. The van der Waals surface area contributed by atoms with E-state index in [4.69, 9.17) is 11.6 Å². The van der Waals surface area contributed by atoms with Gasteiger partial charge in [0, 0.05) is 24.4 Å². The molecule has 144 valence electrons. The number of benzene rings is 2. The average Bonchev–Trinajstić information content (AvgIpc) is 2.67. The molecule has 0 unspecified atom stereocenters. The van der Waals surface area contributed by atoms with Gasteiger partial charge in [-0.25, -0.2) is 0 Å². The number of carbonyl (C=O) groups excluding carboxylic acids is 2. The fourth-order valence-electron chi connectivity index (χ4n) is 2.63. The first-order valence-electron chi connectivity index (χ1n) is 8.80. The van der Waals surface area contributed by atoms with Crippen molar-refractivity contribution in [3.05, 3.63) is 70.2 Å². The van der Waals surface area contributed by atoms with E-state index in [-0.39, 0.29) is 11.8 Å². The van der Waals surface area contributed by atoms with E-state index in [1.54, 1.807) is 36.7 Å². The first-order chi connectivity index (χ1) is 12.9. The molecule has 0 heterocycles. The molecule has 4 nitrogen and oxygen atoms in total. The molecule has 0 radical (unpaired) electrons. The lowest BCUT2D eigenvalue weighted by Crippen LogP contribution is -2.47. The van der Waals surface area contributed by atoms with E-state index >= 15 is 0 Å². The van der Waals surface area contributed by atoms with Crippen LogP contribution in [0.1, 0.15) is 23.6 Å². The topological polar surface area (TPSA) is 49.4 Å². The number of rotatable bonds is 8. The molecule has 0 spiro atoms. The minimum absolute atomic E-state index is 0.0804. The minimum atomic E-state index is -0.571. The number of hydrogen-bond acceptors (Lipinski definition) is 3. The molecule has 2 aromatic carbocycles. The number of aryl methyl sites for hydroxylation is 1. The van der Waals surface area contributed by atoms with Crippen LogP contribution in [-0.2, 0) is 21.9 Å². The quantitative estimate of drug-likeness (QED) is 0.722. The third-order valence-corrected chi connectivity index (χ3v) is 5.68. The second kappa shape index (κ2) is 10.4. The zero-order chi connectivity index (χ0) is 19.8. The molecule has 0 saturated heterocycles. The lowest BCUT2D eigenvalue weighted by molar-refractivity contribution is -0.138. The van der Waals surface area contributed by atoms with Crippen LogP contribution in [0.3, 0.4) is 0 Å². The van der Waals surface area contributed by atoms with Crippen molar-refractivity contribution < 1.29 is 9.59 Å². The standard InChI is InChI=1S/C21H25ClN2O2S/c1-15-8-10-17(11-9-15)13-27-14-20(25)24(16(2)21(26)23-3)12-18-6-4-5-7-19(18)22/h4-11,16H,12-14H2,1-3H3,(H,23,26)/t16-/m0/s1. The van der Waals surface area contributed by atoms with Crippen molar-refractivity contribution in [1.82, 2.24) is 10.2 Å². The van der Waals surface area contributed by atoms with Gasteiger partial charge in [0.05, 0.1) is 5.75 Å². The van der Waals surface area contributed by atoms with Crippen LogP contribution in [0.5, 0.6) is 0 Å².